The summed E-state index contributed by atoms with van der Waals surface area (Å²) < 4.78 is 51.4. The number of carbonyl (C=O) groups is 1. The number of halogens is 3. The summed E-state index contributed by atoms with van der Waals surface area (Å²) in [4.78, 5) is 15.3. The molecule has 0 radical (unpaired) electrons. The maximum absolute atomic E-state index is 13.5. The van der Waals surface area contributed by atoms with Gasteiger partial charge in [0.25, 0.3) is 5.89 Å². The van der Waals surface area contributed by atoms with Crippen LogP contribution in [0.3, 0.4) is 0 Å². The fraction of sp³-hybridized carbons (Fsp3) is 0.259. The molecule has 0 bridgehead atoms. The van der Waals surface area contributed by atoms with Gasteiger partial charge in [0.05, 0.1) is 12.7 Å². The van der Waals surface area contributed by atoms with Crippen molar-refractivity contribution in [2.75, 3.05) is 19.0 Å². The summed E-state index contributed by atoms with van der Waals surface area (Å²) in [5, 5.41) is 15.7. The van der Waals surface area contributed by atoms with Gasteiger partial charge in [-0.15, -0.1) is 16.8 Å². The Morgan fingerprint density at radius 1 is 1.15 bits per heavy atom. The number of methoxy groups -OCH3 is 1. The standard InChI is InChI=1S/C27H25F3N6O3/c1-4-26(13-14-36(25(26)37)15-17-5-11-20(38-3)12-6-17)24-33-32-23(39-24)21-16-35(2)34-22(21)31-19-9-7-18(8-10-19)27(28,29)30/h4-12,16H,1,13-15H2,2-3H3,(H,31,34). The number of anilines is 2. The lowest BCUT2D eigenvalue weighted by atomic mass is 9.86. The topological polar surface area (TPSA) is 98.3 Å². The average molecular weight is 539 g/mol. The first kappa shape index (κ1) is 26.0. The molecule has 1 aliphatic heterocycles. The highest BCUT2D eigenvalue weighted by molar-refractivity contribution is 5.91. The van der Waals surface area contributed by atoms with Gasteiger partial charge in [0.2, 0.25) is 11.8 Å². The van der Waals surface area contributed by atoms with Gasteiger partial charge in [-0.2, -0.15) is 18.3 Å². The molecule has 202 valence electrons. The van der Waals surface area contributed by atoms with Crippen LogP contribution in [0.5, 0.6) is 5.75 Å². The van der Waals surface area contributed by atoms with E-state index in [4.69, 9.17) is 9.15 Å². The van der Waals surface area contributed by atoms with Crippen molar-refractivity contribution in [3.63, 3.8) is 0 Å². The van der Waals surface area contributed by atoms with E-state index in [1.165, 1.54) is 22.9 Å². The van der Waals surface area contributed by atoms with Crippen LogP contribution in [0, 0.1) is 0 Å². The molecule has 0 spiro atoms. The van der Waals surface area contributed by atoms with Gasteiger partial charge in [0.1, 0.15) is 16.7 Å². The normalized spacial score (nSPS) is 17.5. The first-order valence-corrected chi connectivity index (χ1v) is 12.0. The highest BCUT2D eigenvalue weighted by Gasteiger charge is 2.50. The van der Waals surface area contributed by atoms with Crippen LogP contribution in [0.25, 0.3) is 11.5 Å². The minimum Gasteiger partial charge on any atom is -0.497 e. The molecule has 2 aromatic carbocycles. The molecule has 4 aromatic rings. The fourth-order valence-corrected chi connectivity index (χ4v) is 4.51. The summed E-state index contributed by atoms with van der Waals surface area (Å²) in [5.74, 6) is 1.05. The van der Waals surface area contributed by atoms with Crippen LogP contribution in [-0.4, -0.2) is 44.4 Å². The van der Waals surface area contributed by atoms with Gasteiger partial charge in [-0.1, -0.05) is 18.2 Å². The van der Waals surface area contributed by atoms with Crippen molar-refractivity contribution in [1.29, 1.82) is 0 Å². The SMILES string of the molecule is C=CC1(c2nnc(-c3cn(C)nc3Nc3ccc(C(F)(F)F)cc3)o2)CCN(Cc2ccc(OC)cc2)C1=O. The molecule has 9 nitrogen and oxygen atoms in total. The summed E-state index contributed by atoms with van der Waals surface area (Å²) >= 11 is 0. The monoisotopic (exact) mass is 538 g/mol. The van der Waals surface area contributed by atoms with Crippen molar-refractivity contribution in [3.05, 3.63) is 84.4 Å². The molecular formula is C27H25F3N6O3. The van der Waals surface area contributed by atoms with E-state index in [0.717, 1.165) is 23.4 Å². The molecule has 0 aliphatic carbocycles. The molecule has 3 heterocycles. The Bertz CT molecular complexity index is 1490. The molecule has 39 heavy (non-hydrogen) atoms. The Balaban J connectivity index is 1.37. The molecule has 1 N–H and O–H groups in total. The Hall–Kier alpha value is -4.61. The number of ether oxygens (including phenoxy) is 1. The summed E-state index contributed by atoms with van der Waals surface area (Å²) in [6.45, 7) is 4.77. The molecule has 12 heteroatoms. The van der Waals surface area contributed by atoms with Crippen LogP contribution in [0.2, 0.25) is 0 Å². The van der Waals surface area contributed by atoms with E-state index in [0.29, 0.717) is 36.6 Å². The number of hydrogen-bond acceptors (Lipinski definition) is 7. The van der Waals surface area contributed by atoms with Crippen LogP contribution in [-0.2, 0) is 30.0 Å². The Morgan fingerprint density at radius 2 is 1.87 bits per heavy atom. The molecule has 1 amide bonds. The second-order valence-electron chi connectivity index (χ2n) is 9.18. The number of carbonyl (C=O) groups excluding carboxylic acids is 1. The number of nitrogens with zero attached hydrogens (tertiary/aromatic N) is 5. The van der Waals surface area contributed by atoms with Gasteiger partial charge in [0, 0.05) is 32.0 Å². The predicted molar refractivity (Wildman–Crippen MR) is 136 cm³/mol. The molecule has 1 atom stereocenters. The predicted octanol–water partition coefficient (Wildman–Crippen LogP) is 5.10. The largest absolute Gasteiger partial charge is 0.497 e. The van der Waals surface area contributed by atoms with Crippen molar-refractivity contribution in [3.8, 4) is 17.2 Å². The van der Waals surface area contributed by atoms with E-state index >= 15 is 0 Å². The summed E-state index contributed by atoms with van der Waals surface area (Å²) in [5.41, 5.74) is -0.167. The maximum Gasteiger partial charge on any atom is 0.416 e. The number of likely N-dealkylation sites (tertiary alicyclic amines) is 1. The van der Waals surface area contributed by atoms with E-state index in [1.54, 1.807) is 25.3 Å². The van der Waals surface area contributed by atoms with E-state index in [-0.39, 0.29) is 17.7 Å². The van der Waals surface area contributed by atoms with Crippen molar-refractivity contribution in [2.24, 2.45) is 7.05 Å². The van der Waals surface area contributed by atoms with Gasteiger partial charge in [-0.05, 0) is 48.4 Å². The average Bonchev–Trinajstić information content (AvgIpc) is 3.63. The zero-order chi connectivity index (χ0) is 27.8. The highest BCUT2D eigenvalue weighted by atomic mass is 19.4. The second kappa shape index (κ2) is 9.93. The number of aryl methyl sites for hydroxylation is 1. The van der Waals surface area contributed by atoms with E-state index in [2.05, 4.69) is 27.2 Å². The minimum absolute atomic E-state index is 0.107. The third-order valence-electron chi connectivity index (χ3n) is 6.67. The first-order valence-electron chi connectivity index (χ1n) is 12.0. The number of rotatable bonds is 8. The molecule has 5 rings (SSSR count). The zero-order valence-corrected chi connectivity index (χ0v) is 21.2. The van der Waals surface area contributed by atoms with E-state index in [1.807, 2.05) is 24.3 Å². The Kier molecular flexibility index (Phi) is 6.62. The summed E-state index contributed by atoms with van der Waals surface area (Å²) in [6, 6.07) is 12.1. The number of amides is 1. The third kappa shape index (κ3) is 4.97. The quantitative estimate of drug-likeness (QED) is 0.312. The number of hydrogen-bond donors (Lipinski definition) is 1. The summed E-state index contributed by atoms with van der Waals surface area (Å²) in [6.07, 6.45) is -0.851. The number of benzene rings is 2. The smallest absolute Gasteiger partial charge is 0.416 e. The van der Waals surface area contributed by atoms with Gasteiger partial charge in [-0.3, -0.25) is 9.48 Å². The van der Waals surface area contributed by atoms with Crippen LogP contribution in [0.1, 0.15) is 23.4 Å². The lowest BCUT2D eigenvalue weighted by molar-refractivity contribution is -0.137. The maximum atomic E-state index is 13.5. The first-order chi connectivity index (χ1) is 18.6. The summed E-state index contributed by atoms with van der Waals surface area (Å²) in [7, 11) is 3.27. The molecule has 0 saturated carbocycles. The third-order valence-corrected chi connectivity index (χ3v) is 6.67. The van der Waals surface area contributed by atoms with Crippen molar-refractivity contribution < 1.29 is 27.1 Å². The van der Waals surface area contributed by atoms with E-state index in [9.17, 15) is 18.0 Å². The lowest BCUT2D eigenvalue weighted by Crippen LogP contribution is -2.36. The van der Waals surface area contributed by atoms with Crippen molar-refractivity contribution >= 4 is 17.4 Å². The highest BCUT2D eigenvalue weighted by Crippen LogP contribution is 2.39. The van der Waals surface area contributed by atoms with Gasteiger partial charge in [0.15, 0.2) is 5.82 Å². The number of alkyl halides is 3. The lowest BCUT2D eigenvalue weighted by Gasteiger charge is -2.21. The molecule has 2 aromatic heterocycles. The van der Waals surface area contributed by atoms with Gasteiger partial charge >= 0.3 is 6.18 Å². The van der Waals surface area contributed by atoms with Crippen LogP contribution < -0.4 is 10.1 Å². The molecule has 1 saturated heterocycles. The Labute approximate surface area is 221 Å². The zero-order valence-electron chi connectivity index (χ0n) is 21.2. The number of nitrogens with one attached hydrogen (secondary N) is 1. The number of aromatic nitrogens is 4. The minimum atomic E-state index is -4.43. The van der Waals surface area contributed by atoms with Gasteiger partial charge < -0.3 is 19.4 Å². The molecule has 1 aliphatic rings. The van der Waals surface area contributed by atoms with Crippen molar-refractivity contribution in [2.45, 2.75) is 24.6 Å². The van der Waals surface area contributed by atoms with Crippen LogP contribution in [0.4, 0.5) is 24.7 Å². The van der Waals surface area contributed by atoms with Crippen molar-refractivity contribution in [1.82, 2.24) is 24.9 Å². The fourth-order valence-electron chi connectivity index (χ4n) is 4.51. The molecule has 1 unspecified atom stereocenters. The van der Waals surface area contributed by atoms with Crippen LogP contribution >= 0.6 is 0 Å². The van der Waals surface area contributed by atoms with Crippen LogP contribution in [0.15, 0.2) is 71.8 Å². The molecular weight excluding hydrogens is 513 g/mol. The molecule has 1 fully saturated rings. The Morgan fingerprint density at radius 3 is 2.51 bits per heavy atom. The second-order valence-corrected chi connectivity index (χ2v) is 9.18. The van der Waals surface area contributed by atoms with E-state index < -0.39 is 17.2 Å². The van der Waals surface area contributed by atoms with Gasteiger partial charge in [-0.25, -0.2) is 0 Å².